The van der Waals surface area contributed by atoms with Gasteiger partial charge < -0.3 is 19.1 Å². The van der Waals surface area contributed by atoms with Crippen LogP contribution in [-0.4, -0.2) is 24.5 Å². The van der Waals surface area contributed by atoms with E-state index in [1.165, 1.54) is 6.07 Å². The fraction of sp³-hybridized carbons (Fsp3) is 0.333. The molecule has 57 heavy (non-hydrogen) atoms. The normalized spacial score (nSPS) is 15.0. The fourth-order valence-corrected chi connectivity index (χ4v) is 6.69. The largest absolute Gasteiger partial charge is 0.864 e. The van der Waals surface area contributed by atoms with E-state index in [4.69, 9.17) is 14.0 Å². The van der Waals surface area contributed by atoms with Crippen molar-refractivity contribution in [3.8, 4) is 23.0 Å². The third-order valence-electron chi connectivity index (χ3n) is 9.34. The molecule has 2 saturated carbocycles. The predicted molar refractivity (Wildman–Crippen MR) is 168 cm³/mol. The second kappa shape index (κ2) is 18.1. The van der Waals surface area contributed by atoms with E-state index in [0.29, 0.717) is 0 Å². The molecule has 0 saturated heterocycles. The van der Waals surface area contributed by atoms with Crippen molar-refractivity contribution in [1.29, 1.82) is 0 Å². The molecule has 0 atom stereocenters. The second-order valence-electron chi connectivity index (χ2n) is 12.9. The van der Waals surface area contributed by atoms with Crippen molar-refractivity contribution in [1.82, 2.24) is 0 Å². The van der Waals surface area contributed by atoms with Gasteiger partial charge in [-0.05, 0) is 63.5 Å². The van der Waals surface area contributed by atoms with Crippen LogP contribution in [0.1, 0.15) is 64.2 Å². The lowest BCUT2D eigenvalue weighted by Gasteiger charge is -2.39. The smallest absolute Gasteiger partial charge is 0.508 e. The van der Waals surface area contributed by atoms with Gasteiger partial charge in [0.1, 0.15) is 5.75 Å². The Kier molecular flexibility index (Phi) is 13.7. The van der Waals surface area contributed by atoms with E-state index in [0.717, 1.165) is 87.3 Å². The van der Waals surface area contributed by atoms with Crippen molar-refractivity contribution >= 4 is 13.0 Å². The van der Waals surface area contributed by atoms with Gasteiger partial charge in [0.2, 0.25) is 58.2 Å². The first kappa shape index (κ1) is 43.2. The van der Waals surface area contributed by atoms with E-state index in [1.54, 1.807) is 0 Å². The maximum atomic E-state index is 14.6. The van der Waals surface area contributed by atoms with Gasteiger partial charge >= 0.3 is 7.32 Å². The maximum absolute atomic E-state index is 14.6. The van der Waals surface area contributed by atoms with E-state index >= 15 is 0 Å². The molecule has 4 aromatic carbocycles. The molecule has 2 aliphatic carbocycles. The molecule has 0 heterocycles. The SMILES string of the molecule is Fc1[c-]c(F)c(F)c(F)c1F.Oc1ccc(OB(Oc2c(F)c(F)c(F)c(F)c2F)Oc2c(F)c(F)c(F)c(F)c2F)c([NH+](C2CCCCC2)C2CCCCC2)c1. The quantitative estimate of drug-likeness (QED) is 0.0581. The van der Waals surface area contributed by atoms with Crippen LogP contribution < -0.4 is 18.9 Å². The van der Waals surface area contributed by atoms with Gasteiger partial charge in [0.15, 0.2) is 22.9 Å². The van der Waals surface area contributed by atoms with Gasteiger partial charge in [-0.3, -0.25) is 13.7 Å². The summed E-state index contributed by atoms with van der Waals surface area (Å²) in [6.07, 6.45) is 8.64. The van der Waals surface area contributed by atoms with Crippen molar-refractivity contribution in [2.24, 2.45) is 0 Å². The Morgan fingerprint density at radius 3 is 1.21 bits per heavy atom. The molecule has 2 aliphatic rings. The first-order valence-electron chi connectivity index (χ1n) is 17.1. The number of phenolic OH excluding ortho intramolecular Hbond substituents is 1. The van der Waals surface area contributed by atoms with Gasteiger partial charge in [-0.15, -0.1) is 6.07 Å². The molecule has 5 nitrogen and oxygen atoms in total. The minimum atomic E-state index is -2.90. The van der Waals surface area contributed by atoms with Gasteiger partial charge in [0.05, 0.1) is 41.2 Å². The van der Waals surface area contributed by atoms with Crippen molar-refractivity contribution in [2.75, 3.05) is 0 Å². The number of phenols is 1. The van der Waals surface area contributed by atoms with Crippen LogP contribution in [0.5, 0.6) is 23.0 Å². The van der Waals surface area contributed by atoms with Gasteiger partial charge in [-0.2, -0.15) is 17.6 Å². The molecule has 6 rings (SSSR count). The molecular weight excluding hydrogens is 806 g/mol. The fourth-order valence-electron chi connectivity index (χ4n) is 6.69. The molecule has 308 valence electrons. The number of aromatic hydroxyl groups is 1. The zero-order valence-corrected chi connectivity index (χ0v) is 28.9. The zero-order chi connectivity index (χ0) is 41.9. The summed E-state index contributed by atoms with van der Waals surface area (Å²) in [5.41, 5.74) is 0.242. The number of nitrogens with one attached hydrogen (secondary N) is 1. The average Bonchev–Trinajstić information content (AvgIpc) is 3.21. The number of quaternary nitrogens is 1. The van der Waals surface area contributed by atoms with Crippen LogP contribution in [0.25, 0.3) is 0 Å². The Bertz CT molecular complexity index is 1940. The summed E-state index contributed by atoms with van der Waals surface area (Å²) in [6, 6.07) is 4.55. The molecule has 0 bridgehead atoms. The van der Waals surface area contributed by atoms with E-state index in [1.807, 2.05) is 0 Å². The lowest BCUT2D eigenvalue weighted by atomic mass is 9.88. The number of benzene rings is 4. The maximum Gasteiger partial charge on any atom is 0.864 e. The van der Waals surface area contributed by atoms with Gasteiger partial charge in [-0.1, -0.05) is 12.8 Å². The van der Waals surface area contributed by atoms with E-state index in [-0.39, 0.29) is 29.3 Å². The summed E-state index contributed by atoms with van der Waals surface area (Å²) in [5, 5.41) is 10.4. The van der Waals surface area contributed by atoms with Gasteiger partial charge in [-0.25, -0.2) is 39.5 Å². The molecule has 4 aromatic rings. The Morgan fingerprint density at radius 1 is 0.474 bits per heavy atom. The zero-order valence-electron chi connectivity index (χ0n) is 28.9. The van der Waals surface area contributed by atoms with Crippen LogP contribution in [0.2, 0.25) is 0 Å². The second-order valence-corrected chi connectivity index (χ2v) is 12.9. The van der Waals surface area contributed by atoms with Crippen molar-refractivity contribution in [3.05, 3.63) is 112 Å². The predicted octanol–water partition coefficient (Wildman–Crippen LogP) is 9.67. The minimum absolute atomic E-state index is 0.00774. The first-order chi connectivity index (χ1) is 26.9. The molecule has 2 N–H and O–H groups in total. The molecule has 21 heteroatoms. The third-order valence-corrected chi connectivity index (χ3v) is 9.34. The van der Waals surface area contributed by atoms with Gasteiger partial charge in [0.25, 0.3) is 0 Å². The van der Waals surface area contributed by atoms with Crippen LogP contribution in [-0.2, 0) is 0 Å². The lowest BCUT2D eigenvalue weighted by Crippen LogP contribution is -3.15. The summed E-state index contributed by atoms with van der Waals surface area (Å²) in [6.45, 7) is 0. The molecule has 0 radical (unpaired) electrons. The standard InChI is InChI=1S/C30H26BF10NO4.C6F5/c32-19-21(34)25(38)29(26(39)22(19)35)45-31(46-30-27(40)23(36)20(33)24(37)28(30)41)44-18-12-11-16(43)13-17(18)42(14-7-3-1-4-8-14)15-9-5-2-6-10-15;7-2-1-3(8)5(10)6(11)4(2)9/h11-15,43H,1-10H2;/q;-1/p+1. The Morgan fingerprint density at radius 2 is 0.825 bits per heavy atom. The monoisotopic (exact) mass is 833 g/mol. The van der Waals surface area contributed by atoms with Crippen molar-refractivity contribution < 1.29 is 89.8 Å². The highest BCUT2D eigenvalue weighted by atomic mass is 19.2. The molecule has 2 fully saturated rings. The highest BCUT2D eigenvalue weighted by molar-refractivity contribution is 6.39. The third kappa shape index (κ3) is 9.12. The summed E-state index contributed by atoms with van der Waals surface area (Å²) < 4.78 is 217. The van der Waals surface area contributed by atoms with Crippen LogP contribution >= 0.6 is 0 Å². The number of hydrogen-bond donors (Lipinski definition) is 2. The number of rotatable bonds is 9. The van der Waals surface area contributed by atoms with E-state index in [2.05, 4.69) is 0 Å². The molecule has 0 aromatic heterocycles. The summed E-state index contributed by atoms with van der Waals surface area (Å²) >= 11 is 0. The van der Waals surface area contributed by atoms with Gasteiger partial charge in [0, 0.05) is 6.07 Å². The van der Waals surface area contributed by atoms with Crippen LogP contribution in [0.3, 0.4) is 0 Å². The summed E-state index contributed by atoms with van der Waals surface area (Å²) in [7, 11) is -2.90. The van der Waals surface area contributed by atoms with Crippen molar-refractivity contribution in [3.63, 3.8) is 0 Å². The van der Waals surface area contributed by atoms with Crippen LogP contribution in [0.15, 0.2) is 18.2 Å². The molecule has 0 unspecified atom stereocenters. The lowest BCUT2D eigenvalue weighted by molar-refractivity contribution is -0.890. The Labute approximate surface area is 313 Å². The van der Waals surface area contributed by atoms with E-state index < -0.39 is 106 Å². The highest BCUT2D eigenvalue weighted by Gasteiger charge is 2.42. The molecular formula is C36H27BF15NO4. The van der Waals surface area contributed by atoms with E-state index in [9.17, 15) is 71.0 Å². The topological polar surface area (TPSA) is 52.4 Å². The minimum Gasteiger partial charge on any atom is -0.508 e. The summed E-state index contributed by atoms with van der Waals surface area (Å²) in [4.78, 5) is 0.844. The highest BCUT2D eigenvalue weighted by Crippen LogP contribution is 2.35. The number of hydrogen-bond acceptors (Lipinski definition) is 4. The van der Waals surface area contributed by atoms with Crippen LogP contribution in [0, 0.1) is 93.3 Å². The Hall–Kier alpha value is -4.95. The van der Waals surface area contributed by atoms with Crippen LogP contribution in [0.4, 0.5) is 71.5 Å². The average molecular weight is 833 g/mol. The first-order valence-corrected chi connectivity index (χ1v) is 17.1. The Balaban J connectivity index is 0.000000486. The molecule has 0 aliphatic heterocycles. The van der Waals surface area contributed by atoms with Crippen molar-refractivity contribution in [2.45, 2.75) is 76.3 Å². The summed E-state index contributed by atoms with van der Waals surface area (Å²) in [5.74, 6) is -39.7. The number of halogens is 15. The molecule has 0 amide bonds. The molecule has 0 spiro atoms.